The largest absolute Gasteiger partial charge is 0.353 e. The molecule has 1 atom stereocenters. The van der Waals surface area contributed by atoms with Gasteiger partial charge in [-0.05, 0) is 56.4 Å². The lowest BCUT2D eigenvalue weighted by molar-refractivity contribution is -0.122. The van der Waals surface area contributed by atoms with E-state index in [-0.39, 0.29) is 5.91 Å². The van der Waals surface area contributed by atoms with Crippen LogP contribution in [-0.2, 0) is 14.8 Å². The fourth-order valence-electron chi connectivity index (χ4n) is 3.67. The molecule has 1 amide bonds. The SMILES string of the molecule is CCC(C(=O)NCCSC1CCCCC1)N(c1ccc(C)c(C)c1)S(C)(=O)=O. The number of nitrogens with one attached hydrogen (secondary N) is 1. The molecule has 0 spiro atoms. The van der Waals surface area contributed by atoms with Crippen molar-refractivity contribution in [3.63, 3.8) is 0 Å². The molecular weight excluding hydrogens is 392 g/mol. The van der Waals surface area contributed by atoms with Crippen LogP contribution >= 0.6 is 11.8 Å². The number of nitrogens with zero attached hydrogens (tertiary/aromatic N) is 1. The zero-order valence-corrected chi connectivity index (χ0v) is 19.2. The molecule has 1 N–H and O–H groups in total. The predicted octanol–water partition coefficient (Wildman–Crippen LogP) is 4.03. The van der Waals surface area contributed by atoms with E-state index in [1.165, 1.54) is 36.4 Å². The van der Waals surface area contributed by atoms with Crippen molar-refractivity contribution >= 4 is 33.4 Å². The molecule has 0 radical (unpaired) electrons. The minimum atomic E-state index is -3.58. The maximum absolute atomic E-state index is 12.8. The van der Waals surface area contributed by atoms with Crippen molar-refractivity contribution in [2.75, 3.05) is 22.9 Å². The van der Waals surface area contributed by atoms with E-state index in [1.54, 1.807) is 6.07 Å². The van der Waals surface area contributed by atoms with Crippen LogP contribution in [0.4, 0.5) is 5.69 Å². The summed E-state index contributed by atoms with van der Waals surface area (Å²) in [6.07, 6.45) is 8.07. The molecular formula is C21H34N2O3S2. The molecule has 1 fully saturated rings. The first kappa shape index (κ1) is 23.1. The van der Waals surface area contributed by atoms with Crippen molar-refractivity contribution in [2.45, 2.75) is 70.6 Å². The smallest absolute Gasteiger partial charge is 0.243 e. The Morgan fingerprint density at radius 1 is 1.21 bits per heavy atom. The second kappa shape index (κ2) is 10.5. The molecule has 0 aromatic heterocycles. The van der Waals surface area contributed by atoms with E-state index in [1.807, 2.05) is 44.7 Å². The van der Waals surface area contributed by atoms with Gasteiger partial charge in [0.25, 0.3) is 0 Å². The van der Waals surface area contributed by atoms with E-state index in [0.29, 0.717) is 23.9 Å². The number of hydrogen-bond donors (Lipinski definition) is 1. The number of sulfonamides is 1. The Kier molecular flexibility index (Phi) is 8.68. The summed E-state index contributed by atoms with van der Waals surface area (Å²) in [5.74, 6) is 0.644. The number of benzene rings is 1. The molecule has 1 saturated carbocycles. The molecule has 5 nitrogen and oxygen atoms in total. The number of anilines is 1. The van der Waals surface area contributed by atoms with Gasteiger partial charge in [-0.3, -0.25) is 9.10 Å². The van der Waals surface area contributed by atoms with E-state index in [9.17, 15) is 13.2 Å². The van der Waals surface area contributed by atoms with Gasteiger partial charge in [-0.2, -0.15) is 11.8 Å². The fraction of sp³-hybridized carbons (Fsp3) is 0.667. The van der Waals surface area contributed by atoms with Gasteiger partial charge in [-0.15, -0.1) is 0 Å². The molecule has 0 heterocycles. The third-order valence-corrected chi connectivity index (χ3v) is 7.94. The van der Waals surface area contributed by atoms with E-state index in [2.05, 4.69) is 5.32 Å². The second-order valence-electron chi connectivity index (χ2n) is 7.67. The maximum atomic E-state index is 12.8. The van der Waals surface area contributed by atoms with Crippen LogP contribution in [0.3, 0.4) is 0 Å². The van der Waals surface area contributed by atoms with Gasteiger partial charge in [0.05, 0.1) is 11.9 Å². The first-order valence-corrected chi connectivity index (χ1v) is 13.1. The molecule has 7 heteroatoms. The number of rotatable bonds is 9. The Bertz CT molecular complexity index is 759. The van der Waals surface area contributed by atoms with Crippen LogP contribution in [0.15, 0.2) is 18.2 Å². The highest BCUT2D eigenvalue weighted by molar-refractivity contribution is 7.99. The van der Waals surface area contributed by atoms with Gasteiger partial charge in [-0.1, -0.05) is 32.3 Å². The van der Waals surface area contributed by atoms with Crippen LogP contribution in [-0.4, -0.2) is 44.2 Å². The molecule has 28 heavy (non-hydrogen) atoms. The monoisotopic (exact) mass is 426 g/mol. The van der Waals surface area contributed by atoms with Crippen molar-refractivity contribution < 1.29 is 13.2 Å². The zero-order valence-electron chi connectivity index (χ0n) is 17.5. The summed E-state index contributed by atoms with van der Waals surface area (Å²) in [7, 11) is -3.58. The molecule has 1 aliphatic carbocycles. The van der Waals surface area contributed by atoms with Crippen LogP contribution in [0.5, 0.6) is 0 Å². The Morgan fingerprint density at radius 3 is 2.46 bits per heavy atom. The topological polar surface area (TPSA) is 66.5 Å². The van der Waals surface area contributed by atoms with E-state index < -0.39 is 16.1 Å². The zero-order chi connectivity index (χ0) is 20.7. The number of amides is 1. The van der Waals surface area contributed by atoms with E-state index in [4.69, 9.17) is 0 Å². The Labute approximate surface area is 174 Å². The first-order chi connectivity index (χ1) is 13.2. The molecule has 1 aliphatic rings. The molecule has 0 bridgehead atoms. The van der Waals surface area contributed by atoms with Crippen LogP contribution in [0.1, 0.15) is 56.6 Å². The van der Waals surface area contributed by atoms with Crippen molar-refractivity contribution in [1.82, 2.24) is 5.32 Å². The molecule has 2 rings (SSSR count). The number of carbonyl (C=O) groups is 1. The van der Waals surface area contributed by atoms with E-state index in [0.717, 1.165) is 23.1 Å². The molecule has 0 saturated heterocycles. The Hall–Kier alpha value is -1.21. The molecule has 0 aliphatic heterocycles. The summed E-state index contributed by atoms with van der Waals surface area (Å²) in [6.45, 7) is 6.35. The van der Waals surface area contributed by atoms with Gasteiger partial charge >= 0.3 is 0 Å². The number of carbonyl (C=O) groups excluding carboxylic acids is 1. The maximum Gasteiger partial charge on any atom is 0.243 e. The summed E-state index contributed by atoms with van der Waals surface area (Å²) >= 11 is 1.93. The van der Waals surface area contributed by atoms with Gasteiger partial charge < -0.3 is 5.32 Å². The summed E-state index contributed by atoms with van der Waals surface area (Å²) in [5.41, 5.74) is 2.64. The lowest BCUT2D eigenvalue weighted by atomic mass is 10.0. The highest BCUT2D eigenvalue weighted by atomic mass is 32.2. The number of thioether (sulfide) groups is 1. The van der Waals surface area contributed by atoms with Gasteiger partial charge in [0.1, 0.15) is 6.04 Å². The van der Waals surface area contributed by atoms with Crippen molar-refractivity contribution in [2.24, 2.45) is 0 Å². The minimum absolute atomic E-state index is 0.226. The highest BCUT2D eigenvalue weighted by Gasteiger charge is 2.31. The summed E-state index contributed by atoms with van der Waals surface area (Å²) < 4.78 is 26.3. The third kappa shape index (κ3) is 6.41. The molecule has 1 unspecified atom stereocenters. The second-order valence-corrected chi connectivity index (χ2v) is 10.9. The summed E-state index contributed by atoms with van der Waals surface area (Å²) in [5, 5.41) is 3.66. The van der Waals surface area contributed by atoms with Crippen molar-refractivity contribution in [1.29, 1.82) is 0 Å². The lowest BCUT2D eigenvalue weighted by Crippen LogP contribution is -2.49. The fourth-order valence-corrected chi connectivity index (χ4v) is 6.10. The van der Waals surface area contributed by atoms with Gasteiger partial charge in [-0.25, -0.2) is 8.42 Å². The van der Waals surface area contributed by atoms with Crippen LogP contribution < -0.4 is 9.62 Å². The Morgan fingerprint density at radius 2 is 1.89 bits per heavy atom. The Balaban J connectivity index is 2.03. The van der Waals surface area contributed by atoms with Gasteiger partial charge in [0.2, 0.25) is 15.9 Å². The van der Waals surface area contributed by atoms with Crippen molar-refractivity contribution in [3.8, 4) is 0 Å². The average molecular weight is 427 g/mol. The quantitative estimate of drug-likeness (QED) is 0.606. The highest BCUT2D eigenvalue weighted by Crippen LogP contribution is 2.28. The third-order valence-electron chi connectivity index (χ3n) is 5.38. The number of hydrogen-bond acceptors (Lipinski definition) is 4. The van der Waals surface area contributed by atoms with Crippen molar-refractivity contribution in [3.05, 3.63) is 29.3 Å². The van der Waals surface area contributed by atoms with E-state index >= 15 is 0 Å². The summed E-state index contributed by atoms with van der Waals surface area (Å²) in [6, 6.07) is 4.77. The normalized spacial score (nSPS) is 16.6. The summed E-state index contributed by atoms with van der Waals surface area (Å²) in [4.78, 5) is 12.8. The molecule has 1 aromatic carbocycles. The lowest BCUT2D eigenvalue weighted by Gasteiger charge is -2.30. The van der Waals surface area contributed by atoms with Gasteiger partial charge in [0.15, 0.2) is 0 Å². The molecule has 1 aromatic rings. The predicted molar refractivity (Wildman–Crippen MR) is 120 cm³/mol. The first-order valence-electron chi connectivity index (χ1n) is 10.2. The van der Waals surface area contributed by atoms with Gasteiger partial charge in [0, 0.05) is 17.5 Å². The van der Waals surface area contributed by atoms with Crippen LogP contribution in [0, 0.1) is 13.8 Å². The number of aryl methyl sites for hydroxylation is 2. The average Bonchev–Trinajstić information content (AvgIpc) is 2.65. The standard InChI is InChI=1S/C21H34N2O3S2/c1-5-20(21(24)22-13-14-27-19-9-7-6-8-10-19)23(28(4,25)26)18-12-11-16(2)17(3)15-18/h11-12,15,19-20H,5-10,13-14H2,1-4H3,(H,22,24). The van der Waals surface area contributed by atoms with Crippen LogP contribution in [0.2, 0.25) is 0 Å². The minimum Gasteiger partial charge on any atom is -0.353 e. The molecule has 158 valence electrons. The van der Waals surface area contributed by atoms with Crippen LogP contribution in [0.25, 0.3) is 0 Å².